The maximum Gasteiger partial charge on any atom is 0.280 e. The summed E-state index contributed by atoms with van der Waals surface area (Å²) in [4.78, 5) is 46.2. The first-order valence-corrected chi connectivity index (χ1v) is 9.04. The predicted octanol–water partition coefficient (Wildman–Crippen LogP) is 1.31. The van der Waals surface area contributed by atoms with Crippen LogP contribution in [-0.4, -0.2) is 50.2 Å². The smallest absolute Gasteiger partial charge is 0.280 e. The van der Waals surface area contributed by atoms with E-state index >= 15 is 0 Å². The molecule has 0 fully saturated rings. The molecule has 0 unspecified atom stereocenters. The Morgan fingerprint density at radius 2 is 1.93 bits per heavy atom. The average Bonchev–Trinajstić information content (AvgIpc) is 3.15. The van der Waals surface area contributed by atoms with E-state index in [1.807, 2.05) is 35.9 Å². The highest BCUT2D eigenvalue weighted by Crippen LogP contribution is 2.20. The molecule has 0 aliphatic carbocycles. The van der Waals surface area contributed by atoms with Crippen LogP contribution in [0.4, 0.5) is 0 Å². The summed E-state index contributed by atoms with van der Waals surface area (Å²) in [5.41, 5.74) is 2.40. The quantitative estimate of drug-likeness (QED) is 0.654. The molecular formula is C20H19N5O3. The lowest BCUT2D eigenvalue weighted by Gasteiger charge is -2.13. The zero-order valence-electron chi connectivity index (χ0n) is 15.4. The minimum Gasteiger partial charge on any atom is -0.356 e. The molecule has 0 saturated heterocycles. The molecule has 3 amide bonds. The maximum absolute atomic E-state index is 12.3. The van der Waals surface area contributed by atoms with E-state index in [0.29, 0.717) is 13.0 Å². The monoisotopic (exact) mass is 377 g/mol. The van der Waals surface area contributed by atoms with E-state index in [1.165, 1.54) is 6.20 Å². The van der Waals surface area contributed by atoms with Gasteiger partial charge < -0.3 is 9.88 Å². The number of pyridine rings is 1. The number of carbonyl (C=O) groups is 3. The number of carbonyl (C=O) groups excluding carboxylic acids is 3. The van der Waals surface area contributed by atoms with Crippen molar-refractivity contribution in [2.75, 3.05) is 13.1 Å². The van der Waals surface area contributed by atoms with Crippen LogP contribution < -0.4 is 5.32 Å². The molecule has 0 spiro atoms. The van der Waals surface area contributed by atoms with Crippen LogP contribution in [0.25, 0.3) is 11.0 Å². The minimum atomic E-state index is -0.451. The molecule has 1 aliphatic rings. The number of imidazole rings is 1. The number of aryl methyl sites for hydroxylation is 1. The maximum atomic E-state index is 12.3. The van der Waals surface area contributed by atoms with E-state index in [9.17, 15) is 14.4 Å². The van der Waals surface area contributed by atoms with E-state index in [1.54, 1.807) is 12.1 Å². The molecule has 4 rings (SSSR count). The van der Waals surface area contributed by atoms with Crippen LogP contribution in [0.1, 0.15) is 33.1 Å². The summed E-state index contributed by atoms with van der Waals surface area (Å²) < 4.78 is 2.01. The molecule has 0 radical (unpaired) electrons. The fraction of sp³-hybridized carbons (Fsp3) is 0.250. The first-order chi connectivity index (χ1) is 13.6. The molecule has 3 heterocycles. The van der Waals surface area contributed by atoms with Crippen molar-refractivity contribution in [3.63, 3.8) is 0 Å². The van der Waals surface area contributed by atoms with Gasteiger partial charge in [-0.2, -0.15) is 0 Å². The largest absolute Gasteiger partial charge is 0.356 e. The van der Waals surface area contributed by atoms with Crippen LogP contribution in [0, 0.1) is 0 Å². The molecule has 0 atom stereocenters. The Kier molecular flexibility index (Phi) is 4.60. The number of hydrogen-bond acceptors (Lipinski definition) is 5. The fourth-order valence-corrected chi connectivity index (χ4v) is 3.35. The molecule has 2 aromatic heterocycles. The van der Waals surface area contributed by atoms with Crippen LogP contribution in [0.5, 0.6) is 0 Å². The van der Waals surface area contributed by atoms with E-state index in [2.05, 4.69) is 15.3 Å². The normalized spacial score (nSPS) is 13.2. The number of fused-ring (bicyclic) bond motifs is 2. The van der Waals surface area contributed by atoms with Crippen molar-refractivity contribution < 1.29 is 14.4 Å². The van der Waals surface area contributed by atoms with Gasteiger partial charge in [-0.1, -0.05) is 12.1 Å². The minimum absolute atomic E-state index is 0.0339. The third-order valence-electron chi connectivity index (χ3n) is 4.84. The van der Waals surface area contributed by atoms with Crippen molar-refractivity contribution in [2.24, 2.45) is 7.05 Å². The summed E-state index contributed by atoms with van der Waals surface area (Å²) in [5.74, 6) is -0.190. The molecule has 142 valence electrons. The van der Waals surface area contributed by atoms with Crippen molar-refractivity contribution in [1.29, 1.82) is 0 Å². The van der Waals surface area contributed by atoms with Crippen LogP contribution in [0.15, 0.2) is 42.6 Å². The molecule has 1 aliphatic heterocycles. The second-order valence-electron chi connectivity index (χ2n) is 6.59. The molecule has 0 saturated carbocycles. The molecule has 3 aromatic rings. The van der Waals surface area contributed by atoms with Gasteiger partial charge in [0.15, 0.2) is 0 Å². The third kappa shape index (κ3) is 3.13. The summed E-state index contributed by atoms with van der Waals surface area (Å²) in [7, 11) is 1.95. The fourth-order valence-electron chi connectivity index (χ4n) is 3.35. The Labute approximate surface area is 161 Å². The molecular weight excluding hydrogens is 358 g/mol. The van der Waals surface area contributed by atoms with Gasteiger partial charge in [0.25, 0.3) is 11.8 Å². The summed E-state index contributed by atoms with van der Waals surface area (Å²) in [6.45, 7) is 0.464. The Hall–Kier alpha value is -3.55. The van der Waals surface area contributed by atoms with Gasteiger partial charge in [0.2, 0.25) is 5.91 Å². The van der Waals surface area contributed by atoms with Crippen molar-refractivity contribution >= 4 is 28.8 Å². The van der Waals surface area contributed by atoms with Crippen molar-refractivity contribution in [2.45, 2.75) is 12.8 Å². The lowest BCUT2D eigenvalue weighted by atomic mass is 10.2. The standard InChI is InChI=1S/C20H19N5O3/c1-24-15-7-3-2-6-14(15)23-16(24)8-11-21-17(26)9-12-25-19(27)13-5-4-10-22-18(13)20(25)28/h2-7,10H,8-9,11-12H2,1H3,(H,21,26). The first kappa shape index (κ1) is 17.8. The zero-order valence-corrected chi connectivity index (χ0v) is 15.4. The lowest BCUT2D eigenvalue weighted by Crippen LogP contribution is -2.35. The van der Waals surface area contributed by atoms with Crippen molar-refractivity contribution in [3.05, 3.63) is 59.7 Å². The molecule has 28 heavy (non-hydrogen) atoms. The van der Waals surface area contributed by atoms with Crippen molar-refractivity contribution in [1.82, 2.24) is 24.8 Å². The zero-order chi connectivity index (χ0) is 19.7. The lowest BCUT2D eigenvalue weighted by molar-refractivity contribution is -0.121. The first-order valence-electron chi connectivity index (χ1n) is 9.04. The van der Waals surface area contributed by atoms with Gasteiger partial charge in [-0.15, -0.1) is 0 Å². The number of aromatic nitrogens is 3. The number of para-hydroxylation sites is 2. The van der Waals surface area contributed by atoms with E-state index in [0.717, 1.165) is 21.8 Å². The van der Waals surface area contributed by atoms with Gasteiger partial charge in [-0.3, -0.25) is 24.3 Å². The van der Waals surface area contributed by atoms with Crippen LogP contribution in [-0.2, 0) is 18.3 Å². The Morgan fingerprint density at radius 1 is 1.11 bits per heavy atom. The highest BCUT2D eigenvalue weighted by molar-refractivity contribution is 6.20. The highest BCUT2D eigenvalue weighted by Gasteiger charge is 2.36. The SMILES string of the molecule is Cn1c(CCNC(=O)CCN2C(=O)c3cccnc3C2=O)nc2ccccc21. The van der Waals surface area contributed by atoms with Gasteiger partial charge in [-0.05, 0) is 24.3 Å². The number of imide groups is 1. The van der Waals surface area contributed by atoms with Crippen LogP contribution in [0.2, 0.25) is 0 Å². The second kappa shape index (κ2) is 7.22. The molecule has 8 heteroatoms. The van der Waals surface area contributed by atoms with E-state index < -0.39 is 11.8 Å². The van der Waals surface area contributed by atoms with Gasteiger partial charge >= 0.3 is 0 Å². The summed E-state index contributed by atoms with van der Waals surface area (Å²) in [5, 5.41) is 2.82. The third-order valence-corrected chi connectivity index (χ3v) is 4.84. The Morgan fingerprint density at radius 3 is 2.71 bits per heavy atom. The van der Waals surface area contributed by atoms with E-state index in [-0.39, 0.29) is 30.1 Å². The Balaban J connectivity index is 1.29. The molecule has 0 bridgehead atoms. The number of nitrogens with one attached hydrogen (secondary N) is 1. The number of nitrogens with zero attached hydrogens (tertiary/aromatic N) is 4. The number of amides is 3. The molecule has 1 aromatic carbocycles. The van der Waals surface area contributed by atoms with Crippen molar-refractivity contribution in [3.8, 4) is 0 Å². The molecule has 8 nitrogen and oxygen atoms in total. The van der Waals surface area contributed by atoms with Gasteiger partial charge in [0, 0.05) is 39.2 Å². The van der Waals surface area contributed by atoms with Crippen LogP contribution >= 0.6 is 0 Å². The summed E-state index contributed by atoms with van der Waals surface area (Å²) in [6, 6.07) is 11.0. The summed E-state index contributed by atoms with van der Waals surface area (Å²) >= 11 is 0. The van der Waals surface area contributed by atoms with Gasteiger partial charge in [-0.25, -0.2) is 4.98 Å². The highest BCUT2D eigenvalue weighted by atomic mass is 16.2. The van der Waals surface area contributed by atoms with Gasteiger partial charge in [0.1, 0.15) is 11.5 Å². The van der Waals surface area contributed by atoms with E-state index in [4.69, 9.17) is 0 Å². The Bertz CT molecular complexity index is 1050. The number of hydrogen-bond donors (Lipinski definition) is 1. The summed E-state index contributed by atoms with van der Waals surface area (Å²) in [6.07, 6.45) is 2.11. The average molecular weight is 377 g/mol. The van der Waals surface area contributed by atoms with Gasteiger partial charge in [0.05, 0.1) is 16.6 Å². The van der Waals surface area contributed by atoms with Crippen LogP contribution in [0.3, 0.4) is 0 Å². The topological polar surface area (TPSA) is 97.2 Å². The number of benzene rings is 1. The predicted molar refractivity (Wildman–Crippen MR) is 102 cm³/mol. The second-order valence-corrected chi connectivity index (χ2v) is 6.59. The molecule has 1 N–H and O–H groups in total. The number of rotatable bonds is 6.